The van der Waals surface area contributed by atoms with Crippen LogP contribution in [0.5, 0.6) is 5.75 Å². The van der Waals surface area contributed by atoms with Gasteiger partial charge in [0.05, 0.1) is 28.8 Å². The highest BCUT2D eigenvalue weighted by Gasteiger charge is 2.41. The van der Waals surface area contributed by atoms with Gasteiger partial charge in [0.15, 0.2) is 5.82 Å². The molecule has 2 amide bonds. The Morgan fingerprint density at radius 2 is 1.70 bits per heavy atom. The van der Waals surface area contributed by atoms with Crippen LogP contribution in [0.15, 0.2) is 65.2 Å². The van der Waals surface area contributed by atoms with Crippen LogP contribution in [0, 0.1) is 6.92 Å². The minimum absolute atomic E-state index is 0.124. The summed E-state index contributed by atoms with van der Waals surface area (Å²) in [5.41, 5.74) is 0.542. The van der Waals surface area contributed by atoms with Crippen molar-refractivity contribution in [3.05, 3.63) is 98.8 Å². The number of aryl methyl sites for hydroxylation is 1. The first-order valence-corrected chi connectivity index (χ1v) is 13.8. The quantitative estimate of drug-likeness (QED) is 0.233. The number of amides is 2. The van der Waals surface area contributed by atoms with Gasteiger partial charge in [0.2, 0.25) is 0 Å². The summed E-state index contributed by atoms with van der Waals surface area (Å²) >= 11 is 12.4. The van der Waals surface area contributed by atoms with Crippen molar-refractivity contribution >= 4 is 35.0 Å². The normalized spacial score (nSPS) is 16.8. The fourth-order valence-electron chi connectivity index (χ4n) is 5.18. The van der Waals surface area contributed by atoms with E-state index in [1.54, 1.807) is 54.3 Å². The lowest BCUT2D eigenvalue weighted by Gasteiger charge is -2.29. The summed E-state index contributed by atoms with van der Waals surface area (Å²) in [5, 5.41) is 4.41. The van der Waals surface area contributed by atoms with Gasteiger partial charge in [0.1, 0.15) is 5.75 Å². The number of carbonyl (C=O) groups is 2. The van der Waals surface area contributed by atoms with Crippen molar-refractivity contribution in [3.8, 4) is 17.2 Å². The molecule has 0 N–H and O–H groups in total. The van der Waals surface area contributed by atoms with Crippen LogP contribution in [0.1, 0.15) is 43.6 Å². The van der Waals surface area contributed by atoms with Gasteiger partial charge in [-0.1, -0.05) is 34.4 Å². The SMILES string of the molecule is COc1ccc(C(=O)N(C)C2CN(C(=O)c3ccc(-c4nc(C)no4)cc3)CC2c2ccc(Cl)c(Cl)c2)cc1C(F)(F)F. The molecule has 0 saturated carbocycles. The third-order valence-corrected chi connectivity index (χ3v) is 8.16. The highest BCUT2D eigenvalue weighted by molar-refractivity contribution is 6.42. The molecule has 43 heavy (non-hydrogen) atoms. The maximum atomic E-state index is 13.7. The lowest BCUT2D eigenvalue weighted by atomic mass is 9.93. The van der Waals surface area contributed by atoms with Crippen molar-refractivity contribution in [2.24, 2.45) is 0 Å². The Bertz CT molecular complexity index is 1680. The third-order valence-electron chi connectivity index (χ3n) is 7.42. The second-order valence-electron chi connectivity index (χ2n) is 10.1. The predicted octanol–water partition coefficient (Wildman–Crippen LogP) is 6.76. The summed E-state index contributed by atoms with van der Waals surface area (Å²) in [6, 6.07) is 14.3. The van der Waals surface area contributed by atoms with Crippen LogP contribution >= 0.6 is 23.2 Å². The number of carbonyl (C=O) groups excluding carboxylic acids is 2. The van der Waals surface area contributed by atoms with Gasteiger partial charge < -0.3 is 19.1 Å². The van der Waals surface area contributed by atoms with E-state index in [2.05, 4.69) is 10.1 Å². The van der Waals surface area contributed by atoms with Crippen molar-refractivity contribution in [1.29, 1.82) is 0 Å². The van der Waals surface area contributed by atoms with Gasteiger partial charge in [-0.3, -0.25) is 9.59 Å². The molecule has 1 saturated heterocycles. The largest absolute Gasteiger partial charge is 0.496 e. The van der Waals surface area contributed by atoms with Gasteiger partial charge in [-0.2, -0.15) is 18.2 Å². The summed E-state index contributed by atoms with van der Waals surface area (Å²) in [6.45, 7) is 2.05. The topological polar surface area (TPSA) is 88.8 Å². The zero-order valence-electron chi connectivity index (χ0n) is 23.2. The smallest absolute Gasteiger partial charge is 0.419 e. The Morgan fingerprint density at radius 3 is 2.30 bits per heavy atom. The highest BCUT2D eigenvalue weighted by Crippen LogP contribution is 2.38. The molecule has 3 aromatic carbocycles. The Morgan fingerprint density at radius 1 is 1.00 bits per heavy atom. The molecular formula is C30H25Cl2F3N4O4. The molecule has 1 fully saturated rings. The molecule has 8 nitrogen and oxygen atoms in total. The first-order valence-electron chi connectivity index (χ1n) is 13.0. The number of hydrogen-bond acceptors (Lipinski definition) is 6. The first-order chi connectivity index (χ1) is 20.4. The van der Waals surface area contributed by atoms with E-state index in [0.717, 1.165) is 24.8 Å². The fourth-order valence-corrected chi connectivity index (χ4v) is 5.49. The monoisotopic (exact) mass is 632 g/mol. The van der Waals surface area contributed by atoms with E-state index < -0.39 is 35.4 Å². The third kappa shape index (κ3) is 6.18. The van der Waals surface area contributed by atoms with E-state index in [1.165, 1.54) is 18.0 Å². The molecule has 0 aliphatic carbocycles. The number of aromatic nitrogens is 2. The average Bonchev–Trinajstić information content (AvgIpc) is 3.64. The molecule has 2 atom stereocenters. The Balaban J connectivity index is 1.44. The van der Waals surface area contributed by atoms with Gasteiger partial charge in [-0.15, -0.1) is 0 Å². The molecule has 0 radical (unpaired) electrons. The molecule has 224 valence electrons. The minimum atomic E-state index is -4.72. The van der Waals surface area contributed by atoms with Gasteiger partial charge in [0.25, 0.3) is 17.7 Å². The van der Waals surface area contributed by atoms with E-state index in [4.69, 9.17) is 32.5 Å². The molecule has 4 aromatic rings. The maximum Gasteiger partial charge on any atom is 0.419 e. The number of likely N-dealkylation sites (tertiary alicyclic amines) is 1. The molecule has 1 aliphatic rings. The van der Waals surface area contributed by atoms with E-state index in [1.807, 2.05) is 0 Å². The van der Waals surface area contributed by atoms with Crippen LogP contribution in [-0.2, 0) is 6.18 Å². The number of ether oxygens (including phenoxy) is 1. The summed E-state index contributed by atoms with van der Waals surface area (Å²) in [4.78, 5) is 34.3. The van der Waals surface area contributed by atoms with E-state index >= 15 is 0 Å². The fraction of sp³-hybridized carbons (Fsp3) is 0.267. The molecule has 2 heterocycles. The Labute approximate surface area is 254 Å². The van der Waals surface area contributed by atoms with Crippen molar-refractivity contribution < 1.29 is 32.0 Å². The number of halogens is 5. The summed E-state index contributed by atoms with van der Waals surface area (Å²) in [7, 11) is 2.63. The molecular weight excluding hydrogens is 608 g/mol. The van der Waals surface area contributed by atoms with Gasteiger partial charge in [-0.05, 0) is 67.1 Å². The van der Waals surface area contributed by atoms with Crippen molar-refractivity contribution in [1.82, 2.24) is 19.9 Å². The number of benzene rings is 3. The average molecular weight is 633 g/mol. The molecule has 5 rings (SSSR count). The number of methoxy groups -OCH3 is 1. The van der Waals surface area contributed by atoms with E-state index in [-0.39, 0.29) is 24.6 Å². The summed E-state index contributed by atoms with van der Waals surface area (Å²) < 4.78 is 51.1. The van der Waals surface area contributed by atoms with Crippen LogP contribution in [0.4, 0.5) is 13.2 Å². The zero-order chi connectivity index (χ0) is 31.1. The maximum absolute atomic E-state index is 13.7. The molecule has 0 spiro atoms. The number of hydrogen-bond donors (Lipinski definition) is 0. The van der Waals surface area contributed by atoms with E-state index in [9.17, 15) is 22.8 Å². The van der Waals surface area contributed by atoms with Crippen LogP contribution in [-0.4, -0.2) is 65.0 Å². The molecule has 1 aliphatic heterocycles. The van der Waals surface area contributed by atoms with Gasteiger partial charge >= 0.3 is 6.18 Å². The van der Waals surface area contributed by atoms with Gasteiger partial charge in [0, 0.05) is 42.7 Å². The second kappa shape index (κ2) is 11.9. The minimum Gasteiger partial charge on any atom is -0.496 e. The summed E-state index contributed by atoms with van der Waals surface area (Å²) in [5.74, 6) is -0.923. The highest BCUT2D eigenvalue weighted by atomic mass is 35.5. The molecule has 0 bridgehead atoms. The lowest BCUT2D eigenvalue weighted by Crippen LogP contribution is -2.42. The molecule has 13 heteroatoms. The number of rotatable bonds is 6. The van der Waals surface area contributed by atoms with Crippen molar-refractivity contribution in [2.45, 2.75) is 25.1 Å². The second-order valence-corrected chi connectivity index (χ2v) is 10.9. The standard InChI is InChI=1S/C30H25Cl2F3N4O4/c1-16-36-27(43-37-16)17-4-6-18(7-5-17)29(41)39-14-21(19-8-10-23(31)24(32)13-19)25(15-39)38(2)28(40)20-9-11-26(42-3)22(12-20)30(33,34)35/h4-13,21,25H,14-15H2,1-3H3. The number of nitrogens with zero attached hydrogens (tertiary/aromatic N) is 4. The van der Waals surface area contributed by atoms with Crippen LogP contribution in [0.3, 0.4) is 0 Å². The van der Waals surface area contributed by atoms with Crippen molar-refractivity contribution in [2.75, 3.05) is 27.2 Å². The Kier molecular flexibility index (Phi) is 8.40. The van der Waals surface area contributed by atoms with Crippen molar-refractivity contribution in [3.63, 3.8) is 0 Å². The zero-order valence-corrected chi connectivity index (χ0v) is 24.7. The van der Waals surface area contributed by atoms with Gasteiger partial charge in [-0.25, -0.2) is 0 Å². The molecule has 2 unspecified atom stereocenters. The number of likely N-dealkylation sites (N-methyl/N-ethyl adjacent to an activating group) is 1. The first kappa shape index (κ1) is 30.4. The van der Waals surface area contributed by atoms with Crippen LogP contribution in [0.25, 0.3) is 11.5 Å². The lowest BCUT2D eigenvalue weighted by molar-refractivity contribution is -0.138. The van der Waals surface area contributed by atoms with Crippen LogP contribution in [0.2, 0.25) is 10.0 Å². The van der Waals surface area contributed by atoms with Crippen LogP contribution < -0.4 is 4.74 Å². The van der Waals surface area contributed by atoms with E-state index in [0.29, 0.717) is 32.9 Å². The molecule has 1 aromatic heterocycles. The number of alkyl halides is 3. The Hall–Kier alpha value is -4.09. The summed E-state index contributed by atoms with van der Waals surface area (Å²) in [6.07, 6.45) is -4.72. The predicted molar refractivity (Wildman–Crippen MR) is 153 cm³/mol.